The summed E-state index contributed by atoms with van der Waals surface area (Å²) < 4.78 is 12.4. The van der Waals surface area contributed by atoms with E-state index in [1.54, 1.807) is 0 Å². The number of carboxylic acid groups (broad SMARTS) is 1. The first-order chi connectivity index (χ1) is 6.15. The SMILES string of the molecule is O=C(O)C1(c2ccc(F)nc2)CC1. The minimum absolute atomic E-state index is 0.579. The summed E-state index contributed by atoms with van der Waals surface area (Å²) >= 11 is 0. The van der Waals surface area contributed by atoms with E-state index in [1.165, 1.54) is 18.3 Å². The average Bonchev–Trinajstić information content (AvgIpc) is 2.86. The molecule has 13 heavy (non-hydrogen) atoms. The van der Waals surface area contributed by atoms with Gasteiger partial charge in [0.1, 0.15) is 0 Å². The monoisotopic (exact) mass is 181 g/mol. The van der Waals surface area contributed by atoms with E-state index >= 15 is 0 Å². The molecule has 1 aromatic heterocycles. The predicted octanol–water partition coefficient (Wildman–Crippen LogP) is 1.34. The second kappa shape index (κ2) is 2.52. The van der Waals surface area contributed by atoms with Crippen molar-refractivity contribution in [3.8, 4) is 0 Å². The van der Waals surface area contributed by atoms with Gasteiger partial charge < -0.3 is 5.11 Å². The Hall–Kier alpha value is -1.45. The van der Waals surface area contributed by atoms with Crippen LogP contribution in [0.3, 0.4) is 0 Å². The summed E-state index contributed by atoms with van der Waals surface area (Å²) in [6.45, 7) is 0. The van der Waals surface area contributed by atoms with Gasteiger partial charge >= 0.3 is 5.97 Å². The zero-order valence-corrected chi connectivity index (χ0v) is 6.83. The highest BCUT2D eigenvalue weighted by Gasteiger charge is 2.51. The lowest BCUT2D eigenvalue weighted by molar-refractivity contribution is -0.140. The van der Waals surface area contributed by atoms with Gasteiger partial charge in [0, 0.05) is 6.20 Å². The number of aliphatic carboxylic acids is 1. The van der Waals surface area contributed by atoms with E-state index in [-0.39, 0.29) is 0 Å². The van der Waals surface area contributed by atoms with Gasteiger partial charge in [-0.3, -0.25) is 4.79 Å². The molecule has 0 spiro atoms. The second-order valence-electron chi connectivity index (χ2n) is 3.26. The number of carboxylic acids is 1. The van der Waals surface area contributed by atoms with Gasteiger partial charge in [0.05, 0.1) is 5.41 Å². The van der Waals surface area contributed by atoms with E-state index in [2.05, 4.69) is 4.98 Å². The summed E-state index contributed by atoms with van der Waals surface area (Å²) in [6.07, 6.45) is 2.54. The van der Waals surface area contributed by atoms with Gasteiger partial charge in [-0.1, -0.05) is 6.07 Å². The number of nitrogens with zero attached hydrogens (tertiary/aromatic N) is 1. The highest BCUT2D eigenvalue weighted by atomic mass is 19.1. The summed E-state index contributed by atoms with van der Waals surface area (Å²) in [6, 6.07) is 2.68. The second-order valence-corrected chi connectivity index (χ2v) is 3.26. The third kappa shape index (κ3) is 1.18. The van der Waals surface area contributed by atoms with Crippen molar-refractivity contribution in [2.45, 2.75) is 18.3 Å². The molecule has 1 aliphatic carbocycles. The van der Waals surface area contributed by atoms with E-state index in [1.807, 2.05) is 0 Å². The van der Waals surface area contributed by atoms with Gasteiger partial charge in [0.25, 0.3) is 0 Å². The van der Waals surface area contributed by atoms with Crippen LogP contribution in [0.5, 0.6) is 0 Å². The number of hydrogen-bond donors (Lipinski definition) is 1. The molecule has 4 heteroatoms. The van der Waals surface area contributed by atoms with Crippen molar-refractivity contribution in [3.63, 3.8) is 0 Å². The molecule has 0 amide bonds. The fourth-order valence-corrected chi connectivity index (χ4v) is 1.41. The molecule has 1 saturated carbocycles. The van der Waals surface area contributed by atoms with Crippen molar-refractivity contribution in [2.75, 3.05) is 0 Å². The molecule has 0 saturated heterocycles. The minimum atomic E-state index is -0.846. The molecule has 1 aliphatic rings. The van der Waals surface area contributed by atoms with Gasteiger partial charge in [-0.2, -0.15) is 4.39 Å². The standard InChI is InChI=1S/C9H8FNO2/c10-7-2-1-6(5-11-7)9(3-4-9)8(12)13/h1-2,5H,3-4H2,(H,12,13). The molecule has 0 radical (unpaired) electrons. The smallest absolute Gasteiger partial charge is 0.314 e. The Balaban J connectivity index is 2.36. The third-order valence-electron chi connectivity index (χ3n) is 2.44. The molecule has 0 unspecified atom stereocenters. The van der Waals surface area contributed by atoms with Crippen LogP contribution in [0, 0.1) is 5.95 Å². The maximum Gasteiger partial charge on any atom is 0.314 e. The van der Waals surface area contributed by atoms with E-state index in [9.17, 15) is 9.18 Å². The Bertz CT molecular complexity index is 343. The van der Waals surface area contributed by atoms with E-state index in [4.69, 9.17) is 5.11 Å². The van der Waals surface area contributed by atoms with E-state index in [0.717, 1.165) is 0 Å². The van der Waals surface area contributed by atoms with Gasteiger partial charge in [0.15, 0.2) is 0 Å². The molecule has 1 fully saturated rings. The fraction of sp³-hybridized carbons (Fsp3) is 0.333. The molecule has 1 heterocycles. The average molecular weight is 181 g/mol. The molecular formula is C9H8FNO2. The quantitative estimate of drug-likeness (QED) is 0.700. The van der Waals surface area contributed by atoms with Crippen LogP contribution in [0.25, 0.3) is 0 Å². The lowest BCUT2D eigenvalue weighted by Crippen LogP contribution is -2.19. The summed E-state index contributed by atoms with van der Waals surface area (Å²) in [5.41, 5.74) is -0.179. The zero-order valence-electron chi connectivity index (χ0n) is 6.83. The highest BCUT2D eigenvalue weighted by molar-refractivity contribution is 5.84. The van der Waals surface area contributed by atoms with Crippen LogP contribution in [0.15, 0.2) is 18.3 Å². The van der Waals surface area contributed by atoms with Crippen molar-refractivity contribution in [1.29, 1.82) is 0 Å². The van der Waals surface area contributed by atoms with Crippen molar-refractivity contribution in [2.24, 2.45) is 0 Å². The first-order valence-electron chi connectivity index (χ1n) is 4.00. The summed E-state index contributed by atoms with van der Waals surface area (Å²) in [7, 11) is 0. The van der Waals surface area contributed by atoms with Gasteiger partial charge in [-0.25, -0.2) is 4.98 Å². The molecule has 0 aliphatic heterocycles. The fourth-order valence-electron chi connectivity index (χ4n) is 1.41. The maximum absolute atomic E-state index is 12.4. The molecule has 0 aromatic carbocycles. The normalized spacial score (nSPS) is 18.2. The lowest BCUT2D eigenvalue weighted by Gasteiger charge is -2.08. The zero-order chi connectivity index (χ0) is 9.47. The topological polar surface area (TPSA) is 50.2 Å². The van der Waals surface area contributed by atoms with Crippen LogP contribution in [-0.2, 0) is 10.2 Å². The molecular weight excluding hydrogens is 173 g/mol. The molecule has 3 nitrogen and oxygen atoms in total. The Kier molecular flexibility index (Phi) is 1.58. The number of hydrogen-bond acceptors (Lipinski definition) is 2. The number of aromatic nitrogens is 1. The number of pyridine rings is 1. The number of rotatable bonds is 2. The van der Waals surface area contributed by atoms with Crippen molar-refractivity contribution < 1.29 is 14.3 Å². The molecule has 1 N–H and O–H groups in total. The highest BCUT2D eigenvalue weighted by Crippen LogP contribution is 2.48. The first-order valence-corrected chi connectivity index (χ1v) is 4.00. The number of halogens is 1. The summed E-state index contributed by atoms with van der Waals surface area (Å²) in [4.78, 5) is 14.3. The van der Waals surface area contributed by atoms with Crippen LogP contribution in [0.4, 0.5) is 4.39 Å². The van der Waals surface area contributed by atoms with Gasteiger partial charge in [-0.05, 0) is 24.5 Å². The van der Waals surface area contributed by atoms with Gasteiger partial charge in [-0.15, -0.1) is 0 Å². The van der Waals surface area contributed by atoms with E-state index in [0.29, 0.717) is 18.4 Å². The largest absolute Gasteiger partial charge is 0.481 e. The van der Waals surface area contributed by atoms with Crippen LogP contribution in [0.2, 0.25) is 0 Å². The lowest BCUT2D eigenvalue weighted by atomic mass is 9.98. The molecule has 1 aromatic rings. The van der Waals surface area contributed by atoms with Gasteiger partial charge in [0.2, 0.25) is 5.95 Å². The van der Waals surface area contributed by atoms with Crippen molar-refractivity contribution in [3.05, 3.63) is 29.8 Å². The Morgan fingerprint density at radius 3 is 2.62 bits per heavy atom. The Morgan fingerprint density at radius 2 is 2.23 bits per heavy atom. The van der Waals surface area contributed by atoms with Crippen LogP contribution in [-0.4, -0.2) is 16.1 Å². The molecule has 0 bridgehead atoms. The summed E-state index contributed by atoms with van der Waals surface area (Å²) in [5, 5.41) is 8.90. The third-order valence-corrected chi connectivity index (χ3v) is 2.44. The number of carbonyl (C=O) groups is 1. The van der Waals surface area contributed by atoms with Crippen LogP contribution in [0.1, 0.15) is 18.4 Å². The van der Waals surface area contributed by atoms with Crippen molar-refractivity contribution >= 4 is 5.97 Å². The van der Waals surface area contributed by atoms with E-state index < -0.39 is 17.3 Å². The minimum Gasteiger partial charge on any atom is -0.481 e. The Labute approximate surface area is 74.2 Å². The van der Waals surface area contributed by atoms with Crippen LogP contribution >= 0.6 is 0 Å². The molecule has 2 rings (SSSR count). The maximum atomic E-state index is 12.4. The molecule has 0 atom stereocenters. The Morgan fingerprint density at radius 1 is 1.54 bits per heavy atom. The first kappa shape index (κ1) is 8.16. The molecule has 68 valence electrons. The predicted molar refractivity (Wildman–Crippen MR) is 42.7 cm³/mol. The summed E-state index contributed by atoms with van der Waals surface area (Å²) in [5.74, 6) is -1.43. The van der Waals surface area contributed by atoms with Crippen molar-refractivity contribution in [1.82, 2.24) is 4.98 Å². The van der Waals surface area contributed by atoms with Crippen LogP contribution < -0.4 is 0 Å².